The quantitative estimate of drug-likeness (QED) is 0.237. The summed E-state index contributed by atoms with van der Waals surface area (Å²) in [5.41, 5.74) is 6.49. The van der Waals surface area contributed by atoms with Crippen LogP contribution in [-0.2, 0) is 0 Å². The number of aryl methyl sites for hydroxylation is 1. The second-order valence-corrected chi connectivity index (χ2v) is 10.3. The number of para-hydroxylation sites is 5. The van der Waals surface area contributed by atoms with Crippen LogP contribution in [-0.4, -0.2) is 28.1 Å². The first kappa shape index (κ1) is 25.1. The molecule has 7 nitrogen and oxygen atoms in total. The van der Waals surface area contributed by atoms with E-state index in [0.717, 1.165) is 51.1 Å². The van der Waals surface area contributed by atoms with Crippen LogP contribution < -0.4 is 15.0 Å². The van der Waals surface area contributed by atoms with Crippen molar-refractivity contribution in [1.82, 2.24) is 9.78 Å². The first-order chi connectivity index (χ1) is 20.1. The number of ether oxygens (including phenoxy) is 1. The molecule has 0 radical (unpaired) electrons. The van der Waals surface area contributed by atoms with Gasteiger partial charge in [0.1, 0.15) is 5.75 Å². The van der Waals surface area contributed by atoms with Crippen LogP contribution in [0.15, 0.2) is 113 Å². The fourth-order valence-corrected chi connectivity index (χ4v) is 5.72. The van der Waals surface area contributed by atoms with Crippen molar-refractivity contribution in [3.63, 3.8) is 0 Å². The van der Waals surface area contributed by atoms with E-state index in [1.165, 1.54) is 0 Å². The average molecular weight is 559 g/mol. The van der Waals surface area contributed by atoms with Crippen LogP contribution >= 0.6 is 11.6 Å². The topological polar surface area (TPSA) is 67.0 Å². The Morgan fingerprint density at radius 1 is 0.878 bits per heavy atom. The van der Waals surface area contributed by atoms with E-state index >= 15 is 0 Å². The van der Waals surface area contributed by atoms with Crippen molar-refractivity contribution in [2.75, 3.05) is 16.8 Å². The van der Waals surface area contributed by atoms with Crippen LogP contribution in [0, 0.1) is 6.92 Å². The Bertz CT molecular complexity index is 1830. The number of amidine groups is 2. The van der Waals surface area contributed by atoms with Gasteiger partial charge in [0.25, 0.3) is 0 Å². The Morgan fingerprint density at radius 3 is 2.49 bits per heavy atom. The van der Waals surface area contributed by atoms with Gasteiger partial charge in [0.15, 0.2) is 17.5 Å². The number of anilines is 2. The Kier molecular flexibility index (Phi) is 6.29. The van der Waals surface area contributed by atoms with E-state index in [2.05, 4.69) is 22.3 Å². The first-order valence-electron chi connectivity index (χ1n) is 13.6. The molecule has 0 saturated carbocycles. The number of aliphatic imine (C=N–C) groups is 2. The van der Waals surface area contributed by atoms with Crippen LogP contribution in [0.1, 0.15) is 29.8 Å². The summed E-state index contributed by atoms with van der Waals surface area (Å²) in [4.78, 5) is 12.6. The minimum atomic E-state index is -0.246. The average Bonchev–Trinajstić information content (AvgIpc) is 3.33. The van der Waals surface area contributed by atoms with E-state index in [9.17, 15) is 0 Å². The first-order valence-corrected chi connectivity index (χ1v) is 14.0. The van der Waals surface area contributed by atoms with Crippen molar-refractivity contribution in [1.29, 1.82) is 0 Å². The maximum absolute atomic E-state index is 6.57. The molecule has 41 heavy (non-hydrogen) atoms. The van der Waals surface area contributed by atoms with Gasteiger partial charge in [-0.1, -0.05) is 66.2 Å². The molecule has 2 aliphatic heterocycles. The molecular formula is C33H27ClN6O. The lowest BCUT2D eigenvalue weighted by Crippen LogP contribution is -2.46. The molecule has 0 saturated heterocycles. The highest BCUT2D eigenvalue weighted by atomic mass is 35.5. The molecule has 1 N–H and O–H groups in total. The lowest BCUT2D eigenvalue weighted by Gasteiger charge is -2.40. The molecule has 7 rings (SSSR count). The fraction of sp³-hybridized carbons (Fsp3) is 0.121. The van der Waals surface area contributed by atoms with Crippen molar-refractivity contribution in [2.24, 2.45) is 9.98 Å². The predicted octanol–water partition coefficient (Wildman–Crippen LogP) is 8.03. The molecule has 1 aromatic heterocycles. The summed E-state index contributed by atoms with van der Waals surface area (Å²) in [6.07, 6.45) is 0. The van der Waals surface area contributed by atoms with Crippen molar-refractivity contribution < 1.29 is 4.74 Å². The van der Waals surface area contributed by atoms with E-state index < -0.39 is 0 Å². The van der Waals surface area contributed by atoms with Gasteiger partial charge in [0.2, 0.25) is 0 Å². The molecule has 4 aromatic carbocycles. The normalized spacial score (nSPS) is 15.3. The molecule has 0 unspecified atom stereocenters. The molecule has 3 heterocycles. The monoisotopic (exact) mass is 558 g/mol. The number of nitrogens with zero attached hydrogens (tertiary/aromatic N) is 5. The number of rotatable bonds is 5. The van der Waals surface area contributed by atoms with Gasteiger partial charge in [-0.15, -0.1) is 0 Å². The van der Waals surface area contributed by atoms with Crippen molar-refractivity contribution >= 4 is 46.2 Å². The number of halogens is 1. The van der Waals surface area contributed by atoms with E-state index in [4.69, 9.17) is 31.4 Å². The Morgan fingerprint density at radius 2 is 1.66 bits per heavy atom. The number of benzene rings is 4. The van der Waals surface area contributed by atoms with E-state index in [0.29, 0.717) is 23.3 Å². The smallest absolute Gasteiger partial charge is 0.179 e. The van der Waals surface area contributed by atoms with Crippen LogP contribution in [0.2, 0.25) is 5.02 Å². The van der Waals surface area contributed by atoms with Crippen LogP contribution in [0.4, 0.5) is 22.9 Å². The van der Waals surface area contributed by atoms with Gasteiger partial charge in [-0.25, -0.2) is 14.7 Å². The van der Waals surface area contributed by atoms with Gasteiger partial charge in [0, 0.05) is 10.6 Å². The Hall–Kier alpha value is -4.88. The molecule has 8 heteroatoms. The van der Waals surface area contributed by atoms with Crippen molar-refractivity contribution in [2.45, 2.75) is 19.9 Å². The second kappa shape index (κ2) is 10.3. The highest BCUT2D eigenvalue weighted by Gasteiger charge is 2.41. The highest BCUT2D eigenvalue weighted by molar-refractivity contribution is 6.51. The summed E-state index contributed by atoms with van der Waals surface area (Å²) in [6.45, 7) is 4.57. The molecular weight excluding hydrogens is 532 g/mol. The van der Waals surface area contributed by atoms with Gasteiger partial charge >= 0.3 is 0 Å². The minimum Gasteiger partial charge on any atom is -0.492 e. The standard InChI is InChI=1S/C33H27ClN6O/c1-3-41-28-19-10-8-17-26(28)36-31-33-37-32-29(21(2)38-40(32)24-14-5-4-6-15-24)30(22-12-11-13-23(34)20-22)39(33)27-18-9-7-16-25(27)35-31/h4-20,30H,3H2,1-2H3,(H,35,36)/t30-/m0/s1. The van der Waals surface area contributed by atoms with Crippen LogP contribution in [0.5, 0.6) is 5.75 Å². The van der Waals surface area contributed by atoms with Crippen LogP contribution in [0.25, 0.3) is 5.69 Å². The van der Waals surface area contributed by atoms with Gasteiger partial charge in [-0.05, 0) is 67.9 Å². The number of aromatic nitrogens is 2. The molecule has 0 spiro atoms. The lowest BCUT2D eigenvalue weighted by atomic mass is 9.93. The van der Waals surface area contributed by atoms with E-state index in [1.54, 1.807) is 0 Å². The molecule has 2 aliphatic rings. The largest absolute Gasteiger partial charge is 0.492 e. The third-order valence-electron chi connectivity index (χ3n) is 7.24. The Labute approximate surface area is 243 Å². The van der Waals surface area contributed by atoms with Crippen molar-refractivity contribution in [3.8, 4) is 11.4 Å². The minimum absolute atomic E-state index is 0.246. The zero-order valence-electron chi connectivity index (χ0n) is 22.6. The van der Waals surface area contributed by atoms with E-state index in [1.807, 2.05) is 110 Å². The summed E-state index contributed by atoms with van der Waals surface area (Å²) in [5.74, 6) is 2.81. The van der Waals surface area contributed by atoms with E-state index in [-0.39, 0.29) is 6.04 Å². The highest BCUT2D eigenvalue weighted by Crippen LogP contribution is 2.48. The third kappa shape index (κ3) is 4.35. The number of hydrogen-bond donors (Lipinski definition) is 1. The Balaban J connectivity index is 1.49. The second-order valence-electron chi connectivity index (χ2n) is 9.84. The number of nitrogens with one attached hydrogen (secondary N) is 1. The summed E-state index contributed by atoms with van der Waals surface area (Å²) in [7, 11) is 0. The van der Waals surface area contributed by atoms with Crippen LogP contribution in [0.3, 0.4) is 0 Å². The summed E-state index contributed by atoms with van der Waals surface area (Å²) < 4.78 is 7.84. The fourth-order valence-electron chi connectivity index (χ4n) is 5.52. The number of fused-ring (bicyclic) bond motifs is 4. The molecule has 0 amide bonds. The third-order valence-corrected chi connectivity index (χ3v) is 7.48. The van der Waals surface area contributed by atoms with Gasteiger partial charge in [-0.2, -0.15) is 5.10 Å². The zero-order valence-corrected chi connectivity index (χ0v) is 23.4. The van der Waals surface area contributed by atoms with Gasteiger partial charge in [0.05, 0.1) is 41.1 Å². The summed E-state index contributed by atoms with van der Waals surface area (Å²) >= 11 is 6.57. The number of hydrogen-bond acceptors (Lipinski definition) is 6. The molecule has 0 aliphatic carbocycles. The lowest BCUT2D eigenvalue weighted by molar-refractivity contribution is 0.342. The molecule has 0 fully saturated rings. The molecule has 1 atom stereocenters. The molecule has 5 aromatic rings. The molecule has 202 valence electrons. The maximum Gasteiger partial charge on any atom is 0.179 e. The summed E-state index contributed by atoms with van der Waals surface area (Å²) in [6, 6.07) is 33.8. The predicted molar refractivity (Wildman–Crippen MR) is 166 cm³/mol. The zero-order chi connectivity index (χ0) is 27.9. The summed E-state index contributed by atoms with van der Waals surface area (Å²) in [5, 5.41) is 9.21. The SMILES string of the molecule is CCOc1ccccc1NC1=Nc2ccccc2N2C1=Nc1c(c(C)nn1-c1ccccc1)[C@@H]2c1cccc(Cl)c1. The van der Waals surface area contributed by atoms with Crippen molar-refractivity contribution in [3.05, 3.63) is 125 Å². The maximum atomic E-state index is 6.57. The van der Waals surface area contributed by atoms with Gasteiger partial charge in [-0.3, -0.25) is 0 Å². The van der Waals surface area contributed by atoms with Gasteiger partial charge < -0.3 is 15.0 Å². The molecule has 0 bridgehead atoms.